The lowest BCUT2D eigenvalue weighted by molar-refractivity contribution is -0.124. The second-order valence-electron chi connectivity index (χ2n) is 5.01. The molecule has 0 aliphatic carbocycles. The summed E-state index contributed by atoms with van der Waals surface area (Å²) in [6.07, 6.45) is 0. The largest absolute Gasteiger partial charge is 0.452 e. The molecule has 0 saturated heterocycles. The molecule has 4 nitrogen and oxygen atoms in total. The summed E-state index contributed by atoms with van der Waals surface area (Å²) in [5.41, 5.74) is 0.435. The summed E-state index contributed by atoms with van der Waals surface area (Å²) < 4.78 is 31.8. The Balaban J connectivity index is 1.91. The number of ether oxygens (including phenoxy) is 1. The number of halogens is 3. The molecule has 0 aliphatic rings. The van der Waals surface area contributed by atoms with Gasteiger partial charge < -0.3 is 10.1 Å². The quantitative estimate of drug-likeness (QED) is 0.781. The Morgan fingerprint density at radius 2 is 1.92 bits per heavy atom. The van der Waals surface area contributed by atoms with Crippen molar-refractivity contribution < 1.29 is 23.1 Å². The third-order valence-corrected chi connectivity index (χ3v) is 3.96. The van der Waals surface area contributed by atoms with Crippen molar-refractivity contribution >= 4 is 27.8 Å². The van der Waals surface area contributed by atoms with Crippen molar-refractivity contribution in [2.45, 2.75) is 13.0 Å². The lowest BCUT2D eigenvalue weighted by Gasteiger charge is -2.15. The molecule has 1 N–H and O–H groups in total. The third kappa shape index (κ3) is 4.61. The average Bonchev–Trinajstić information content (AvgIpc) is 2.53. The van der Waals surface area contributed by atoms with Gasteiger partial charge in [-0.2, -0.15) is 0 Å². The van der Waals surface area contributed by atoms with E-state index in [1.54, 1.807) is 6.92 Å². The Labute approximate surface area is 145 Å². The van der Waals surface area contributed by atoms with Crippen molar-refractivity contribution in [2.24, 2.45) is 0 Å². The lowest BCUT2D eigenvalue weighted by Crippen LogP contribution is -2.31. The van der Waals surface area contributed by atoms with E-state index >= 15 is 0 Å². The van der Waals surface area contributed by atoms with Crippen LogP contribution in [0.2, 0.25) is 0 Å². The maximum absolute atomic E-state index is 13.5. The maximum Gasteiger partial charge on any atom is 0.341 e. The predicted octanol–water partition coefficient (Wildman–Crippen LogP) is 3.76. The molecule has 2 aromatic rings. The van der Waals surface area contributed by atoms with Crippen molar-refractivity contribution in [1.82, 2.24) is 5.32 Å². The highest BCUT2D eigenvalue weighted by Crippen LogP contribution is 2.22. The summed E-state index contributed by atoms with van der Waals surface area (Å²) in [5.74, 6) is -3.41. The first-order chi connectivity index (χ1) is 11.4. The average molecular weight is 398 g/mol. The Morgan fingerprint density at radius 1 is 1.21 bits per heavy atom. The van der Waals surface area contributed by atoms with E-state index in [4.69, 9.17) is 4.74 Å². The Kier molecular flexibility index (Phi) is 6.03. The van der Waals surface area contributed by atoms with Crippen LogP contribution in [0.5, 0.6) is 0 Å². The third-order valence-electron chi connectivity index (χ3n) is 3.23. The molecule has 0 aromatic heterocycles. The minimum Gasteiger partial charge on any atom is -0.452 e. The van der Waals surface area contributed by atoms with Gasteiger partial charge in [0, 0.05) is 10.5 Å². The van der Waals surface area contributed by atoms with Crippen LogP contribution in [0.4, 0.5) is 8.78 Å². The number of benzene rings is 2. The molecule has 126 valence electrons. The van der Waals surface area contributed by atoms with E-state index in [9.17, 15) is 18.4 Å². The van der Waals surface area contributed by atoms with E-state index in [1.807, 2.05) is 24.3 Å². The summed E-state index contributed by atoms with van der Waals surface area (Å²) in [6.45, 7) is 1.21. The van der Waals surface area contributed by atoms with Gasteiger partial charge in [-0.3, -0.25) is 4.79 Å². The monoisotopic (exact) mass is 397 g/mol. The molecule has 2 rings (SSSR count). The standard InChI is InChI=1S/C17H14BrF2NO3/c1-10(12-4-2-3-5-14(12)18)21-16(22)9-24-17(23)13-7-6-11(19)8-15(13)20/h2-8,10H,9H2,1H3,(H,21,22)/t10-/m0/s1. The van der Waals surface area contributed by atoms with Crippen molar-refractivity contribution in [1.29, 1.82) is 0 Å². The van der Waals surface area contributed by atoms with Crippen LogP contribution in [0.3, 0.4) is 0 Å². The molecular formula is C17H14BrF2NO3. The van der Waals surface area contributed by atoms with Gasteiger partial charge in [0.1, 0.15) is 11.6 Å². The molecular weight excluding hydrogens is 384 g/mol. The second kappa shape index (κ2) is 8.01. The SMILES string of the molecule is C[C@H](NC(=O)COC(=O)c1ccc(F)cc1F)c1ccccc1Br. The van der Waals surface area contributed by atoms with Crippen LogP contribution in [0.1, 0.15) is 28.9 Å². The summed E-state index contributed by atoms with van der Waals surface area (Å²) >= 11 is 3.38. The molecule has 7 heteroatoms. The molecule has 0 heterocycles. The first-order valence-electron chi connectivity index (χ1n) is 7.04. The van der Waals surface area contributed by atoms with Crippen LogP contribution in [-0.4, -0.2) is 18.5 Å². The van der Waals surface area contributed by atoms with Crippen LogP contribution < -0.4 is 5.32 Å². The minimum atomic E-state index is -1.04. The number of hydrogen-bond acceptors (Lipinski definition) is 3. The van der Waals surface area contributed by atoms with Gasteiger partial charge in [0.2, 0.25) is 0 Å². The molecule has 0 aliphatic heterocycles. The first kappa shape index (κ1) is 18.1. The van der Waals surface area contributed by atoms with Gasteiger partial charge in [-0.25, -0.2) is 13.6 Å². The summed E-state index contributed by atoms with van der Waals surface area (Å²) in [7, 11) is 0. The van der Waals surface area contributed by atoms with Gasteiger partial charge >= 0.3 is 5.97 Å². The highest BCUT2D eigenvalue weighted by atomic mass is 79.9. The minimum absolute atomic E-state index is 0.311. The normalized spacial score (nSPS) is 11.7. The first-order valence-corrected chi connectivity index (χ1v) is 7.83. The van der Waals surface area contributed by atoms with Gasteiger partial charge in [-0.05, 0) is 30.7 Å². The number of hydrogen-bond donors (Lipinski definition) is 1. The number of carbonyl (C=O) groups is 2. The van der Waals surface area contributed by atoms with Crippen LogP contribution in [0, 0.1) is 11.6 Å². The Hall–Kier alpha value is -2.28. The number of esters is 1. The molecule has 2 aromatic carbocycles. The van der Waals surface area contributed by atoms with Gasteiger partial charge in [-0.1, -0.05) is 34.1 Å². The van der Waals surface area contributed by atoms with E-state index in [1.165, 1.54) is 0 Å². The number of amides is 1. The van der Waals surface area contributed by atoms with Crippen LogP contribution in [-0.2, 0) is 9.53 Å². The fraction of sp³-hybridized carbons (Fsp3) is 0.176. The molecule has 0 unspecified atom stereocenters. The van der Waals surface area contributed by atoms with Crippen molar-refractivity contribution in [2.75, 3.05) is 6.61 Å². The fourth-order valence-corrected chi connectivity index (χ4v) is 2.68. The van der Waals surface area contributed by atoms with E-state index in [-0.39, 0.29) is 6.04 Å². The van der Waals surface area contributed by atoms with E-state index in [0.29, 0.717) is 6.07 Å². The van der Waals surface area contributed by atoms with Gasteiger partial charge in [0.25, 0.3) is 5.91 Å². The lowest BCUT2D eigenvalue weighted by atomic mass is 10.1. The molecule has 0 fully saturated rings. The molecule has 0 saturated carbocycles. The van der Waals surface area contributed by atoms with Gasteiger partial charge in [0.05, 0.1) is 11.6 Å². The zero-order chi connectivity index (χ0) is 17.7. The Morgan fingerprint density at radius 3 is 2.58 bits per heavy atom. The molecule has 0 spiro atoms. The van der Waals surface area contributed by atoms with Crippen molar-refractivity contribution in [3.05, 3.63) is 69.7 Å². The summed E-state index contributed by atoms with van der Waals surface area (Å²) in [6, 6.07) is 9.54. The Bertz CT molecular complexity index is 767. The highest BCUT2D eigenvalue weighted by molar-refractivity contribution is 9.10. The predicted molar refractivity (Wildman–Crippen MR) is 87.3 cm³/mol. The molecule has 1 atom stereocenters. The molecule has 0 radical (unpaired) electrons. The fourth-order valence-electron chi connectivity index (χ4n) is 2.05. The maximum atomic E-state index is 13.5. The number of nitrogens with one attached hydrogen (secondary N) is 1. The van der Waals surface area contributed by atoms with Crippen molar-refractivity contribution in [3.63, 3.8) is 0 Å². The zero-order valence-electron chi connectivity index (χ0n) is 12.7. The molecule has 1 amide bonds. The zero-order valence-corrected chi connectivity index (χ0v) is 14.3. The highest BCUT2D eigenvalue weighted by Gasteiger charge is 2.17. The summed E-state index contributed by atoms with van der Waals surface area (Å²) in [4.78, 5) is 23.6. The smallest absolute Gasteiger partial charge is 0.341 e. The topological polar surface area (TPSA) is 55.4 Å². The van der Waals surface area contributed by atoms with Crippen molar-refractivity contribution in [3.8, 4) is 0 Å². The van der Waals surface area contributed by atoms with Crippen LogP contribution >= 0.6 is 15.9 Å². The van der Waals surface area contributed by atoms with Crippen LogP contribution in [0.25, 0.3) is 0 Å². The molecule has 24 heavy (non-hydrogen) atoms. The van der Waals surface area contributed by atoms with Gasteiger partial charge in [0.15, 0.2) is 6.61 Å². The number of carbonyl (C=O) groups excluding carboxylic acids is 2. The van der Waals surface area contributed by atoms with E-state index < -0.39 is 35.7 Å². The van der Waals surface area contributed by atoms with E-state index in [2.05, 4.69) is 21.2 Å². The molecule has 0 bridgehead atoms. The second-order valence-corrected chi connectivity index (χ2v) is 5.87. The summed E-state index contributed by atoms with van der Waals surface area (Å²) in [5, 5.41) is 2.67. The van der Waals surface area contributed by atoms with E-state index in [0.717, 1.165) is 22.2 Å². The van der Waals surface area contributed by atoms with Gasteiger partial charge in [-0.15, -0.1) is 0 Å². The van der Waals surface area contributed by atoms with Crippen LogP contribution in [0.15, 0.2) is 46.9 Å². The number of rotatable bonds is 5.